The smallest absolute Gasteiger partial charge is 0.325 e. The van der Waals surface area contributed by atoms with Crippen molar-refractivity contribution in [2.24, 2.45) is 0 Å². The Balaban J connectivity index is 2.23. The molecule has 0 unspecified atom stereocenters. The summed E-state index contributed by atoms with van der Waals surface area (Å²) in [6, 6.07) is 6.64. The average molecular weight is 311 g/mol. The Hall–Kier alpha value is -1.75. The molecule has 1 aliphatic rings. The topological polar surface area (TPSA) is 60.9 Å². The number of carboxylic acid groups (broad SMARTS) is 1. The molecule has 0 aliphatic heterocycles. The first kappa shape index (κ1) is 15.6. The van der Waals surface area contributed by atoms with E-state index in [1.807, 2.05) is 6.92 Å². The fourth-order valence-electron chi connectivity index (χ4n) is 2.24. The summed E-state index contributed by atoms with van der Waals surface area (Å²) < 4.78 is 0. The van der Waals surface area contributed by atoms with Gasteiger partial charge in [0.2, 0.25) is 0 Å². The van der Waals surface area contributed by atoms with Crippen LogP contribution < -0.4 is 4.90 Å². The lowest BCUT2D eigenvalue weighted by molar-refractivity contribution is -0.135. The minimum Gasteiger partial charge on any atom is -0.480 e. The first-order valence-electron chi connectivity index (χ1n) is 7.08. The molecule has 1 aromatic carbocycles. The van der Waals surface area contributed by atoms with Crippen molar-refractivity contribution in [3.63, 3.8) is 0 Å². The second-order valence-electron chi connectivity index (χ2n) is 5.16. The third kappa shape index (κ3) is 4.11. The van der Waals surface area contributed by atoms with Gasteiger partial charge in [-0.3, -0.25) is 9.69 Å². The van der Waals surface area contributed by atoms with E-state index < -0.39 is 5.97 Å². The van der Waals surface area contributed by atoms with E-state index in [9.17, 15) is 9.59 Å². The van der Waals surface area contributed by atoms with Gasteiger partial charge in [0.1, 0.15) is 6.54 Å². The van der Waals surface area contributed by atoms with Crippen molar-refractivity contribution in [3.05, 3.63) is 29.3 Å². The predicted molar refractivity (Wildman–Crippen MR) is 81.8 cm³/mol. The van der Waals surface area contributed by atoms with Gasteiger partial charge in [0.15, 0.2) is 0 Å². The van der Waals surface area contributed by atoms with Gasteiger partial charge in [0.05, 0.1) is 0 Å². The molecule has 1 fully saturated rings. The molecule has 5 nitrogen and oxygen atoms in total. The zero-order valence-corrected chi connectivity index (χ0v) is 12.7. The number of hydrogen-bond acceptors (Lipinski definition) is 2. The van der Waals surface area contributed by atoms with Crippen molar-refractivity contribution in [2.45, 2.75) is 32.2 Å². The van der Waals surface area contributed by atoms with Gasteiger partial charge in [-0.05, 0) is 43.5 Å². The molecule has 2 amide bonds. The number of halogens is 1. The highest BCUT2D eigenvalue weighted by Crippen LogP contribution is 2.29. The zero-order valence-electron chi connectivity index (χ0n) is 12.0. The van der Waals surface area contributed by atoms with Crippen molar-refractivity contribution in [1.82, 2.24) is 4.90 Å². The average Bonchev–Trinajstić information content (AvgIpc) is 3.27. The molecule has 21 heavy (non-hydrogen) atoms. The summed E-state index contributed by atoms with van der Waals surface area (Å²) in [6.07, 6.45) is 2.84. The number of nitrogens with zero attached hydrogens (tertiary/aromatic N) is 2. The molecule has 1 aliphatic carbocycles. The number of carbonyl (C=O) groups excluding carboxylic acids is 1. The molecule has 0 saturated heterocycles. The Morgan fingerprint density at radius 3 is 2.38 bits per heavy atom. The van der Waals surface area contributed by atoms with Crippen molar-refractivity contribution in [3.8, 4) is 0 Å². The molecule has 0 bridgehead atoms. The standard InChI is InChI=1S/C15H19ClN2O3/c1-2-9-17(12-7-8-12)15(21)18(10-14(19)20)13-5-3-11(16)4-6-13/h3-6,12H,2,7-10H2,1H3,(H,19,20). The van der Waals surface area contributed by atoms with E-state index in [2.05, 4.69) is 0 Å². The van der Waals surface area contributed by atoms with Gasteiger partial charge in [-0.15, -0.1) is 0 Å². The van der Waals surface area contributed by atoms with Crippen LogP contribution in [0.2, 0.25) is 5.02 Å². The van der Waals surface area contributed by atoms with E-state index >= 15 is 0 Å². The molecule has 1 saturated carbocycles. The molecular formula is C15H19ClN2O3. The van der Waals surface area contributed by atoms with Gasteiger partial charge in [-0.2, -0.15) is 0 Å². The van der Waals surface area contributed by atoms with Crippen molar-refractivity contribution in [1.29, 1.82) is 0 Å². The summed E-state index contributed by atoms with van der Waals surface area (Å²) in [5.74, 6) is -1.04. The lowest BCUT2D eigenvalue weighted by atomic mass is 10.3. The summed E-state index contributed by atoms with van der Waals surface area (Å²) >= 11 is 5.84. The number of carboxylic acids is 1. The molecule has 1 N–H and O–H groups in total. The minimum atomic E-state index is -1.04. The van der Waals surface area contributed by atoms with Crippen LogP contribution in [0, 0.1) is 0 Å². The van der Waals surface area contributed by atoms with E-state index in [1.165, 1.54) is 4.90 Å². The third-order valence-electron chi connectivity index (χ3n) is 3.36. The molecule has 0 atom stereocenters. The van der Waals surface area contributed by atoms with Crippen LogP contribution in [0.25, 0.3) is 0 Å². The Morgan fingerprint density at radius 1 is 1.29 bits per heavy atom. The summed E-state index contributed by atoms with van der Waals surface area (Å²) in [5.41, 5.74) is 0.550. The van der Waals surface area contributed by atoms with Crippen molar-refractivity contribution < 1.29 is 14.7 Å². The first-order chi connectivity index (χ1) is 10.0. The minimum absolute atomic E-state index is 0.246. The van der Waals surface area contributed by atoms with Crippen LogP contribution in [0.15, 0.2) is 24.3 Å². The molecule has 6 heteroatoms. The van der Waals surface area contributed by atoms with Crippen LogP contribution >= 0.6 is 11.6 Å². The maximum atomic E-state index is 12.7. The van der Waals surface area contributed by atoms with Gasteiger partial charge >= 0.3 is 12.0 Å². The summed E-state index contributed by atoms with van der Waals surface area (Å²) in [6.45, 7) is 2.30. The van der Waals surface area contributed by atoms with Gasteiger partial charge < -0.3 is 10.0 Å². The Bertz CT molecular complexity index is 514. The number of aliphatic carboxylic acids is 1. The molecule has 0 spiro atoms. The van der Waals surface area contributed by atoms with Crippen LogP contribution in [0.4, 0.5) is 10.5 Å². The predicted octanol–water partition coefficient (Wildman–Crippen LogP) is 3.23. The zero-order chi connectivity index (χ0) is 15.4. The molecule has 0 aromatic heterocycles. The number of benzene rings is 1. The fraction of sp³-hybridized carbons (Fsp3) is 0.467. The SMILES string of the molecule is CCCN(C(=O)N(CC(=O)O)c1ccc(Cl)cc1)C1CC1. The van der Waals surface area contributed by atoms with E-state index in [1.54, 1.807) is 29.2 Å². The number of amides is 2. The highest BCUT2D eigenvalue weighted by molar-refractivity contribution is 6.30. The molecule has 2 rings (SSSR count). The fourth-order valence-corrected chi connectivity index (χ4v) is 2.37. The molecule has 114 valence electrons. The van der Waals surface area contributed by atoms with Gasteiger partial charge in [-0.25, -0.2) is 4.79 Å². The van der Waals surface area contributed by atoms with Crippen LogP contribution in [0.3, 0.4) is 0 Å². The Labute approximate surface area is 129 Å². The van der Waals surface area contributed by atoms with Crippen molar-refractivity contribution in [2.75, 3.05) is 18.0 Å². The molecular weight excluding hydrogens is 292 g/mol. The quantitative estimate of drug-likeness (QED) is 0.877. The van der Waals surface area contributed by atoms with Crippen LogP contribution in [0.5, 0.6) is 0 Å². The monoisotopic (exact) mass is 310 g/mol. The number of rotatable bonds is 6. The van der Waals surface area contributed by atoms with E-state index in [4.69, 9.17) is 16.7 Å². The molecule has 0 heterocycles. The van der Waals surface area contributed by atoms with Crippen LogP contribution in [-0.2, 0) is 4.79 Å². The highest BCUT2D eigenvalue weighted by Gasteiger charge is 2.35. The maximum absolute atomic E-state index is 12.7. The van der Waals surface area contributed by atoms with Gasteiger partial charge in [0.25, 0.3) is 0 Å². The van der Waals surface area contributed by atoms with Crippen LogP contribution in [0.1, 0.15) is 26.2 Å². The molecule has 0 radical (unpaired) electrons. The number of hydrogen-bond donors (Lipinski definition) is 1. The lowest BCUT2D eigenvalue weighted by Gasteiger charge is -2.29. The maximum Gasteiger partial charge on any atom is 0.325 e. The normalized spacial score (nSPS) is 13.8. The Kier molecular flexibility index (Phi) is 5.07. The molecule has 1 aromatic rings. The number of anilines is 1. The van der Waals surface area contributed by atoms with E-state index in [0.717, 1.165) is 19.3 Å². The highest BCUT2D eigenvalue weighted by atomic mass is 35.5. The van der Waals surface area contributed by atoms with Gasteiger partial charge in [-0.1, -0.05) is 18.5 Å². The van der Waals surface area contributed by atoms with Crippen LogP contribution in [-0.4, -0.2) is 41.1 Å². The number of urea groups is 1. The summed E-state index contributed by atoms with van der Waals surface area (Å²) in [4.78, 5) is 26.8. The van der Waals surface area contributed by atoms with Crippen molar-refractivity contribution >= 4 is 29.3 Å². The van der Waals surface area contributed by atoms with Gasteiger partial charge in [0, 0.05) is 23.3 Å². The first-order valence-corrected chi connectivity index (χ1v) is 7.46. The summed E-state index contributed by atoms with van der Waals surface area (Å²) in [7, 11) is 0. The Morgan fingerprint density at radius 2 is 1.90 bits per heavy atom. The largest absolute Gasteiger partial charge is 0.480 e. The second-order valence-corrected chi connectivity index (χ2v) is 5.60. The van der Waals surface area contributed by atoms with E-state index in [0.29, 0.717) is 17.3 Å². The second kappa shape index (κ2) is 6.80. The third-order valence-corrected chi connectivity index (χ3v) is 3.61. The summed E-state index contributed by atoms with van der Waals surface area (Å²) in [5, 5.41) is 9.63. The van der Waals surface area contributed by atoms with E-state index in [-0.39, 0.29) is 18.6 Å². The lowest BCUT2D eigenvalue weighted by Crippen LogP contribution is -2.47. The number of carbonyl (C=O) groups is 2.